The number of likely N-dealkylation sites (N-methyl/N-ethyl adjacent to an activating group) is 1. The van der Waals surface area contributed by atoms with Gasteiger partial charge in [-0.15, -0.1) is 0 Å². The van der Waals surface area contributed by atoms with Crippen LogP contribution >= 0.6 is 0 Å². The predicted molar refractivity (Wildman–Crippen MR) is 137 cm³/mol. The smallest absolute Gasteiger partial charge is 0.316 e. The molecule has 0 spiro atoms. The Kier molecular flexibility index (Phi) is 5.84. The minimum Gasteiger partial charge on any atom is -0.454 e. The fourth-order valence-electron chi connectivity index (χ4n) is 4.31. The predicted octanol–water partition coefficient (Wildman–Crippen LogP) is 3.44. The number of pyridine rings is 2. The van der Waals surface area contributed by atoms with Gasteiger partial charge in [0.25, 0.3) is 5.56 Å². The molecule has 1 N–H and O–H groups in total. The lowest BCUT2D eigenvalue weighted by Gasteiger charge is -2.20. The van der Waals surface area contributed by atoms with Gasteiger partial charge in [-0.2, -0.15) is 0 Å². The molecule has 1 aliphatic rings. The fourth-order valence-corrected chi connectivity index (χ4v) is 4.31. The number of aliphatic hydroxyl groups excluding tert-OH is 1. The fraction of sp³-hybridized carbons (Fsp3) is 0.370. The van der Waals surface area contributed by atoms with Crippen molar-refractivity contribution < 1.29 is 24.1 Å². The molecule has 3 heterocycles. The van der Waals surface area contributed by atoms with Crippen LogP contribution in [0.5, 0.6) is 17.2 Å². The zero-order valence-corrected chi connectivity index (χ0v) is 21.0. The molecule has 0 saturated carbocycles. The SMILES string of the molecule is CN(C)CCn1c(=O)c2cc(OC(=O)C(C)(C)C)c(CO)cc2c2cnc3cc4c(cc3c21)OCO4. The molecule has 9 nitrogen and oxygen atoms in total. The van der Waals surface area contributed by atoms with Crippen molar-refractivity contribution in [1.82, 2.24) is 14.5 Å². The second kappa shape index (κ2) is 8.76. The van der Waals surface area contributed by atoms with Crippen molar-refractivity contribution >= 4 is 38.5 Å². The van der Waals surface area contributed by atoms with Gasteiger partial charge >= 0.3 is 5.97 Å². The first-order chi connectivity index (χ1) is 17.1. The van der Waals surface area contributed by atoms with E-state index in [-0.39, 0.29) is 24.7 Å². The van der Waals surface area contributed by atoms with Crippen LogP contribution in [0.3, 0.4) is 0 Å². The Morgan fingerprint density at radius 2 is 1.81 bits per heavy atom. The van der Waals surface area contributed by atoms with Gasteiger partial charge in [-0.3, -0.25) is 14.6 Å². The number of benzene rings is 2. The van der Waals surface area contributed by atoms with Crippen LogP contribution in [0.1, 0.15) is 26.3 Å². The first kappa shape index (κ1) is 24.0. The number of rotatable bonds is 5. The van der Waals surface area contributed by atoms with Crippen LogP contribution in [0.2, 0.25) is 0 Å². The highest BCUT2D eigenvalue weighted by Crippen LogP contribution is 2.39. The third-order valence-corrected chi connectivity index (χ3v) is 6.33. The van der Waals surface area contributed by atoms with Crippen molar-refractivity contribution in [3.05, 3.63) is 46.4 Å². The number of carbonyl (C=O) groups is 1. The molecule has 9 heteroatoms. The molecule has 0 saturated heterocycles. The van der Waals surface area contributed by atoms with Gasteiger partial charge < -0.3 is 28.8 Å². The van der Waals surface area contributed by atoms with Gasteiger partial charge in [0.1, 0.15) is 5.75 Å². The van der Waals surface area contributed by atoms with Gasteiger partial charge in [0.2, 0.25) is 6.79 Å². The van der Waals surface area contributed by atoms with Crippen LogP contribution in [-0.4, -0.2) is 53.0 Å². The summed E-state index contributed by atoms with van der Waals surface area (Å²) in [5.74, 6) is 0.945. The Morgan fingerprint density at radius 3 is 2.47 bits per heavy atom. The summed E-state index contributed by atoms with van der Waals surface area (Å²) in [5.41, 5.74) is 0.856. The van der Waals surface area contributed by atoms with E-state index in [4.69, 9.17) is 14.2 Å². The summed E-state index contributed by atoms with van der Waals surface area (Å²) in [6.07, 6.45) is 1.73. The van der Waals surface area contributed by atoms with Crippen LogP contribution in [0.15, 0.2) is 35.3 Å². The zero-order chi connectivity index (χ0) is 25.8. The molecule has 2 aromatic carbocycles. The first-order valence-electron chi connectivity index (χ1n) is 11.8. The zero-order valence-electron chi connectivity index (χ0n) is 21.0. The largest absolute Gasteiger partial charge is 0.454 e. The lowest BCUT2D eigenvalue weighted by atomic mass is 9.97. The number of fused-ring (bicyclic) bond motifs is 6. The van der Waals surface area contributed by atoms with Crippen LogP contribution in [0, 0.1) is 5.41 Å². The Hall–Kier alpha value is -3.69. The monoisotopic (exact) mass is 491 g/mol. The topological polar surface area (TPSA) is 103 Å². The number of esters is 1. The van der Waals surface area contributed by atoms with Crippen molar-refractivity contribution in [2.24, 2.45) is 5.41 Å². The molecule has 4 aromatic rings. The Morgan fingerprint density at radius 1 is 1.08 bits per heavy atom. The highest BCUT2D eigenvalue weighted by Gasteiger charge is 2.26. The first-order valence-corrected chi connectivity index (χ1v) is 11.8. The van der Waals surface area contributed by atoms with E-state index in [0.29, 0.717) is 46.4 Å². The molecule has 0 atom stereocenters. The van der Waals surface area contributed by atoms with Crippen molar-refractivity contribution in [3.8, 4) is 17.2 Å². The van der Waals surface area contributed by atoms with Crippen LogP contribution in [-0.2, 0) is 17.9 Å². The van der Waals surface area contributed by atoms with E-state index in [1.54, 1.807) is 43.7 Å². The molecular weight excluding hydrogens is 462 g/mol. The third-order valence-electron chi connectivity index (χ3n) is 6.33. The summed E-state index contributed by atoms with van der Waals surface area (Å²) >= 11 is 0. The number of aromatic nitrogens is 2. The van der Waals surface area contributed by atoms with Crippen molar-refractivity contribution in [1.29, 1.82) is 0 Å². The van der Waals surface area contributed by atoms with E-state index in [9.17, 15) is 14.7 Å². The number of carbonyl (C=O) groups excluding carboxylic acids is 1. The van der Waals surface area contributed by atoms with E-state index in [1.807, 2.05) is 31.1 Å². The average molecular weight is 492 g/mol. The van der Waals surface area contributed by atoms with E-state index in [1.165, 1.54) is 0 Å². The summed E-state index contributed by atoms with van der Waals surface area (Å²) in [5, 5.41) is 12.6. The molecule has 2 aromatic heterocycles. The minimum absolute atomic E-state index is 0.135. The number of nitrogens with zero attached hydrogens (tertiary/aromatic N) is 3. The molecule has 5 rings (SSSR count). The third kappa shape index (κ3) is 4.04. The highest BCUT2D eigenvalue weighted by molar-refractivity contribution is 6.15. The lowest BCUT2D eigenvalue weighted by Crippen LogP contribution is -2.28. The van der Waals surface area contributed by atoms with Crippen molar-refractivity contribution in [2.75, 3.05) is 27.4 Å². The highest BCUT2D eigenvalue weighted by atomic mass is 16.7. The summed E-state index contributed by atoms with van der Waals surface area (Å²) in [7, 11) is 3.90. The maximum Gasteiger partial charge on any atom is 0.316 e. The van der Waals surface area contributed by atoms with Gasteiger partial charge in [-0.05, 0) is 58.5 Å². The summed E-state index contributed by atoms with van der Waals surface area (Å²) < 4.78 is 18.5. The number of aliphatic hydroxyl groups is 1. The second-order valence-electron chi connectivity index (χ2n) is 10.3. The van der Waals surface area contributed by atoms with Crippen LogP contribution < -0.4 is 19.8 Å². The standard InChI is InChI=1S/C27H29N3O6/c1-27(2,3)26(33)36-21-9-17-16(8-15(21)13-31)19-12-28-20-11-23-22(34-14-35-23)10-18(20)24(19)30(25(17)32)7-6-29(4)5/h8-12,31H,6-7,13-14H2,1-5H3. The van der Waals surface area contributed by atoms with Crippen LogP contribution in [0.25, 0.3) is 32.6 Å². The van der Waals surface area contributed by atoms with Gasteiger partial charge in [0, 0.05) is 41.7 Å². The average Bonchev–Trinajstić information content (AvgIpc) is 3.28. The molecule has 0 bridgehead atoms. The van der Waals surface area contributed by atoms with Gasteiger partial charge in [-0.25, -0.2) is 0 Å². The van der Waals surface area contributed by atoms with Gasteiger partial charge in [-0.1, -0.05) is 0 Å². The summed E-state index contributed by atoms with van der Waals surface area (Å²) in [6, 6.07) is 6.94. The molecule has 0 amide bonds. The molecule has 0 fully saturated rings. The Balaban J connectivity index is 1.84. The van der Waals surface area contributed by atoms with E-state index in [2.05, 4.69) is 4.98 Å². The maximum atomic E-state index is 13.9. The molecule has 0 aliphatic carbocycles. The Bertz CT molecular complexity index is 1580. The number of hydrogen-bond donors (Lipinski definition) is 1. The molecule has 188 valence electrons. The minimum atomic E-state index is -0.744. The van der Waals surface area contributed by atoms with Gasteiger partial charge in [0.15, 0.2) is 11.5 Å². The van der Waals surface area contributed by atoms with Crippen molar-refractivity contribution in [2.45, 2.75) is 33.9 Å². The quantitative estimate of drug-likeness (QED) is 0.257. The van der Waals surface area contributed by atoms with Crippen molar-refractivity contribution in [3.63, 3.8) is 0 Å². The molecule has 0 unspecified atom stereocenters. The Labute approximate surface area is 207 Å². The second-order valence-corrected chi connectivity index (χ2v) is 10.3. The lowest BCUT2D eigenvalue weighted by molar-refractivity contribution is -0.143. The molecule has 0 radical (unpaired) electrons. The van der Waals surface area contributed by atoms with Crippen LogP contribution in [0.4, 0.5) is 0 Å². The molecular formula is C27H29N3O6. The normalized spacial score (nSPS) is 13.3. The molecule has 36 heavy (non-hydrogen) atoms. The van der Waals surface area contributed by atoms with E-state index >= 15 is 0 Å². The molecule has 1 aliphatic heterocycles. The maximum absolute atomic E-state index is 13.9. The number of ether oxygens (including phenoxy) is 3. The summed E-state index contributed by atoms with van der Waals surface area (Å²) in [6.45, 7) is 6.10. The summed E-state index contributed by atoms with van der Waals surface area (Å²) in [4.78, 5) is 33.2. The van der Waals surface area contributed by atoms with E-state index < -0.39 is 11.4 Å². The van der Waals surface area contributed by atoms with Gasteiger partial charge in [0.05, 0.1) is 28.4 Å². The number of hydrogen-bond acceptors (Lipinski definition) is 8. The van der Waals surface area contributed by atoms with E-state index in [0.717, 1.165) is 16.3 Å².